The second-order valence-corrected chi connectivity index (χ2v) is 5.04. The number of rotatable bonds is 7. The van der Waals surface area contributed by atoms with Gasteiger partial charge in [0.1, 0.15) is 0 Å². The van der Waals surface area contributed by atoms with Crippen molar-refractivity contribution < 1.29 is 14.6 Å². The van der Waals surface area contributed by atoms with E-state index in [2.05, 4.69) is 17.2 Å². The van der Waals surface area contributed by atoms with Gasteiger partial charge < -0.3 is 20.5 Å². The highest BCUT2D eigenvalue weighted by Crippen LogP contribution is 2.30. The Morgan fingerprint density at radius 3 is 3.05 bits per heavy atom. The molecule has 5 nitrogen and oxygen atoms in total. The van der Waals surface area contributed by atoms with Gasteiger partial charge >= 0.3 is 6.03 Å². The van der Waals surface area contributed by atoms with Crippen molar-refractivity contribution in [3.8, 4) is 0 Å². The molecule has 0 fully saturated rings. The molecule has 0 saturated carbocycles. The van der Waals surface area contributed by atoms with E-state index >= 15 is 0 Å². The summed E-state index contributed by atoms with van der Waals surface area (Å²) in [5.41, 5.74) is 2.07. The monoisotopic (exact) mass is 290 g/mol. The number of aliphatic hydroxyl groups is 1. The number of hydrogen-bond acceptors (Lipinski definition) is 3. The molecule has 0 saturated heterocycles. The normalized spacial score (nSPS) is 19.9. The predicted octanol–water partition coefficient (Wildman–Crippen LogP) is 1.54. The van der Waals surface area contributed by atoms with Gasteiger partial charge in [0.05, 0.1) is 25.4 Å². The Labute approximate surface area is 125 Å². The first-order valence-electron chi connectivity index (χ1n) is 7.21. The van der Waals surface area contributed by atoms with E-state index < -0.39 is 6.10 Å². The van der Waals surface area contributed by atoms with Crippen LogP contribution in [0.3, 0.4) is 0 Å². The van der Waals surface area contributed by atoms with Crippen LogP contribution in [0.1, 0.15) is 23.6 Å². The number of hydrogen-bond donors (Lipinski definition) is 3. The van der Waals surface area contributed by atoms with Crippen LogP contribution in [0.2, 0.25) is 0 Å². The van der Waals surface area contributed by atoms with Gasteiger partial charge in [0.15, 0.2) is 0 Å². The van der Waals surface area contributed by atoms with E-state index in [1.807, 2.05) is 24.3 Å². The van der Waals surface area contributed by atoms with E-state index in [1.54, 1.807) is 6.08 Å². The molecule has 1 aromatic carbocycles. The van der Waals surface area contributed by atoms with Crippen molar-refractivity contribution in [2.24, 2.45) is 0 Å². The van der Waals surface area contributed by atoms with Gasteiger partial charge in [-0.1, -0.05) is 30.3 Å². The third kappa shape index (κ3) is 4.31. The molecule has 0 aliphatic heterocycles. The molecule has 0 spiro atoms. The molecule has 3 N–H and O–H groups in total. The lowest BCUT2D eigenvalue weighted by Crippen LogP contribution is -2.42. The van der Waals surface area contributed by atoms with Crippen molar-refractivity contribution in [3.63, 3.8) is 0 Å². The number of nitrogens with one attached hydrogen (secondary N) is 2. The molecule has 2 unspecified atom stereocenters. The van der Waals surface area contributed by atoms with Crippen molar-refractivity contribution in [2.45, 2.75) is 25.0 Å². The molecule has 114 valence electrons. The first kappa shape index (κ1) is 15.5. The fourth-order valence-corrected chi connectivity index (χ4v) is 2.45. The lowest BCUT2D eigenvalue weighted by Gasteiger charge is -2.18. The predicted molar refractivity (Wildman–Crippen MR) is 81.1 cm³/mol. The average Bonchev–Trinajstić information content (AvgIpc) is 2.79. The van der Waals surface area contributed by atoms with Gasteiger partial charge in [-0.2, -0.15) is 0 Å². The topological polar surface area (TPSA) is 70.6 Å². The van der Waals surface area contributed by atoms with Crippen LogP contribution < -0.4 is 10.6 Å². The zero-order valence-electron chi connectivity index (χ0n) is 12.0. The summed E-state index contributed by atoms with van der Waals surface area (Å²) in [5, 5.41) is 15.6. The molecule has 21 heavy (non-hydrogen) atoms. The molecule has 2 rings (SSSR count). The molecule has 0 radical (unpaired) electrons. The van der Waals surface area contributed by atoms with E-state index in [1.165, 1.54) is 0 Å². The maximum atomic E-state index is 11.8. The van der Waals surface area contributed by atoms with Gasteiger partial charge in [0, 0.05) is 13.0 Å². The van der Waals surface area contributed by atoms with Gasteiger partial charge in [-0.25, -0.2) is 4.79 Å². The largest absolute Gasteiger partial charge is 0.390 e. The highest BCUT2D eigenvalue weighted by molar-refractivity contribution is 5.74. The summed E-state index contributed by atoms with van der Waals surface area (Å²) >= 11 is 0. The second-order valence-electron chi connectivity index (χ2n) is 5.04. The number of aliphatic hydroxyl groups excluding tert-OH is 1. The van der Waals surface area contributed by atoms with Crippen LogP contribution in [0.25, 0.3) is 0 Å². The Morgan fingerprint density at radius 1 is 1.43 bits per heavy atom. The van der Waals surface area contributed by atoms with E-state index in [4.69, 9.17) is 4.74 Å². The Kier molecular flexibility index (Phi) is 5.78. The summed E-state index contributed by atoms with van der Waals surface area (Å²) in [6.07, 6.45) is 2.60. The first-order valence-corrected chi connectivity index (χ1v) is 7.21. The third-order valence-electron chi connectivity index (χ3n) is 3.49. The average molecular weight is 290 g/mol. The maximum absolute atomic E-state index is 11.8. The van der Waals surface area contributed by atoms with Crippen LogP contribution in [0.5, 0.6) is 0 Å². The Bertz CT molecular complexity index is 490. The van der Waals surface area contributed by atoms with Crippen LogP contribution in [0.4, 0.5) is 4.79 Å². The third-order valence-corrected chi connectivity index (χ3v) is 3.49. The number of amides is 2. The fourth-order valence-electron chi connectivity index (χ4n) is 2.45. The van der Waals surface area contributed by atoms with Crippen molar-refractivity contribution in [2.75, 3.05) is 19.8 Å². The highest BCUT2D eigenvalue weighted by Gasteiger charge is 2.31. The molecule has 2 amide bonds. The van der Waals surface area contributed by atoms with Crippen LogP contribution >= 0.6 is 0 Å². The number of carbonyl (C=O) groups is 1. The summed E-state index contributed by atoms with van der Waals surface area (Å²) < 4.78 is 5.31. The number of fused-ring (bicyclic) bond motifs is 1. The number of benzene rings is 1. The van der Waals surface area contributed by atoms with Crippen LogP contribution in [0, 0.1) is 0 Å². The van der Waals surface area contributed by atoms with Crippen LogP contribution in [0.15, 0.2) is 36.9 Å². The summed E-state index contributed by atoms with van der Waals surface area (Å²) in [5.74, 6) is 0. The lowest BCUT2D eigenvalue weighted by atomic mass is 10.1. The quantitative estimate of drug-likeness (QED) is 0.527. The minimum absolute atomic E-state index is 0.289. The van der Waals surface area contributed by atoms with Crippen LogP contribution in [-0.4, -0.2) is 37.0 Å². The van der Waals surface area contributed by atoms with Crippen molar-refractivity contribution in [1.29, 1.82) is 0 Å². The summed E-state index contributed by atoms with van der Waals surface area (Å²) in [6, 6.07) is 7.14. The molecule has 0 aromatic heterocycles. The molecule has 1 aliphatic rings. The van der Waals surface area contributed by atoms with Crippen LogP contribution in [-0.2, 0) is 11.2 Å². The maximum Gasteiger partial charge on any atom is 0.315 e. The number of urea groups is 1. The zero-order valence-corrected chi connectivity index (χ0v) is 12.0. The minimum Gasteiger partial charge on any atom is -0.390 e. The molecular formula is C16H22N2O3. The van der Waals surface area contributed by atoms with Gasteiger partial charge in [0.2, 0.25) is 0 Å². The highest BCUT2D eigenvalue weighted by atomic mass is 16.5. The Morgan fingerprint density at radius 2 is 2.24 bits per heavy atom. The molecule has 2 atom stereocenters. The van der Waals surface area contributed by atoms with Gasteiger partial charge in [0.25, 0.3) is 0 Å². The Balaban J connectivity index is 1.74. The summed E-state index contributed by atoms with van der Waals surface area (Å²) in [6.45, 7) is 5.12. The van der Waals surface area contributed by atoms with Gasteiger partial charge in [-0.3, -0.25) is 0 Å². The van der Waals surface area contributed by atoms with E-state index in [9.17, 15) is 9.90 Å². The minimum atomic E-state index is -0.572. The molecule has 1 aliphatic carbocycles. The molecule has 0 heterocycles. The van der Waals surface area contributed by atoms with E-state index in [0.717, 1.165) is 17.5 Å². The Hall–Kier alpha value is -1.85. The molecule has 5 heteroatoms. The number of ether oxygens (including phenoxy) is 1. The lowest BCUT2D eigenvalue weighted by molar-refractivity contribution is 0.134. The van der Waals surface area contributed by atoms with Crippen molar-refractivity contribution >= 4 is 6.03 Å². The van der Waals surface area contributed by atoms with E-state index in [0.29, 0.717) is 26.2 Å². The van der Waals surface area contributed by atoms with Gasteiger partial charge in [-0.15, -0.1) is 6.58 Å². The summed E-state index contributed by atoms with van der Waals surface area (Å²) in [4.78, 5) is 11.8. The molecule has 0 bridgehead atoms. The van der Waals surface area contributed by atoms with Crippen molar-refractivity contribution in [3.05, 3.63) is 48.0 Å². The standard InChI is InChI=1S/C16H22N2O3/c1-2-3-9-21-10-8-17-16(20)18-15-13-7-5-4-6-12(13)11-14(15)19/h2,4-7,14-15,19H,1,3,8-11H2,(H2,17,18,20). The fraction of sp³-hybridized carbons (Fsp3) is 0.438. The van der Waals surface area contributed by atoms with Crippen molar-refractivity contribution in [1.82, 2.24) is 10.6 Å². The molecule has 1 aromatic rings. The molecular weight excluding hydrogens is 268 g/mol. The smallest absolute Gasteiger partial charge is 0.315 e. The summed E-state index contributed by atoms with van der Waals surface area (Å²) in [7, 11) is 0. The SMILES string of the molecule is C=CCCOCCNC(=O)NC1c2ccccc2CC1O. The van der Waals surface area contributed by atoms with E-state index in [-0.39, 0.29) is 12.1 Å². The number of carbonyl (C=O) groups excluding carboxylic acids is 1. The first-order chi connectivity index (χ1) is 10.2. The van der Waals surface area contributed by atoms with Gasteiger partial charge in [-0.05, 0) is 17.5 Å². The zero-order chi connectivity index (χ0) is 15.1. The second kappa shape index (κ2) is 7.81.